The Morgan fingerprint density at radius 2 is 2.15 bits per heavy atom. The molecule has 0 spiro atoms. The van der Waals surface area contributed by atoms with E-state index in [0.717, 1.165) is 11.3 Å². The van der Waals surface area contributed by atoms with E-state index in [2.05, 4.69) is 31.4 Å². The molecule has 72 valence electrons. The van der Waals surface area contributed by atoms with Crippen molar-refractivity contribution in [2.45, 2.75) is 26.6 Å². The standard InChI is InChI=1S/C9H15NO2Si/c1-7-9(6-11-10-7)8(2)12-13(3,4)5/h6H,2H2,1,3-5H3. The van der Waals surface area contributed by atoms with Gasteiger partial charge < -0.3 is 8.95 Å². The van der Waals surface area contributed by atoms with Crippen LogP contribution in [0.2, 0.25) is 19.6 Å². The lowest BCUT2D eigenvalue weighted by molar-refractivity contribution is 0.414. The quantitative estimate of drug-likeness (QED) is 0.552. The monoisotopic (exact) mass is 197 g/mol. The Kier molecular flexibility index (Phi) is 2.61. The molecule has 0 aliphatic carbocycles. The van der Waals surface area contributed by atoms with Crippen LogP contribution in [0.1, 0.15) is 11.3 Å². The Labute approximate surface area is 79.5 Å². The molecule has 0 aliphatic heterocycles. The molecule has 3 nitrogen and oxygen atoms in total. The Bertz CT molecular complexity index is 312. The van der Waals surface area contributed by atoms with Crippen LogP contribution in [0.4, 0.5) is 0 Å². The van der Waals surface area contributed by atoms with Crippen molar-refractivity contribution in [2.24, 2.45) is 0 Å². The molecule has 0 saturated carbocycles. The van der Waals surface area contributed by atoms with Gasteiger partial charge in [-0.2, -0.15) is 0 Å². The van der Waals surface area contributed by atoms with Gasteiger partial charge in [-0.1, -0.05) is 11.7 Å². The molecule has 4 heteroatoms. The minimum Gasteiger partial charge on any atom is -0.544 e. The van der Waals surface area contributed by atoms with E-state index in [1.807, 2.05) is 6.92 Å². The lowest BCUT2D eigenvalue weighted by Gasteiger charge is -2.20. The van der Waals surface area contributed by atoms with E-state index >= 15 is 0 Å². The predicted molar refractivity (Wildman–Crippen MR) is 54.7 cm³/mol. The van der Waals surface area contributed by atoms with Crippen LogP contribution in [0.25, 0.3) is 5.76 Å². The highest BCUT2D eigenvalue weighted by Crippen LogP contribution is 2.21. The van der Waals surface area contributed by atoms with Gasteiger partial charge >= 0.3 is 0 Å². The first-order valence-electron chi connectivity index (χ1n) is 4.19. The Morgan fingerprint density at radius 1 is 1.54 bits per heavy atom. The van der Waals surface area contributed by atoms with Crippen LogP contribution in [-0.4, -0.2) is 13.5 Å². The van der Waals surface area contributed by atoms with Crippen LogP contribution in [0.5, 0.6) is 0 Å². The molecule has 1 aromatic rings. The maximum Gasteiger partial charge on any atom is 0.242 e. The molecule has 0 bridgehead atoms. The summed E-state index contributed by atoms with van der Waals surface area (Å²) in [5.41, 5.74) is 1.69. The van der Waals surface area contributed by atoms with Gasteiger partial charge in [0.05, 0.1) is 11.3 Å². The number of hydrogen-bond donors (Lipinski definition) is 0. The average Bonchev–Trinajstić information content (AvgIpc) is 2.30. The highest BCUT2D eigenvalue weighted by molar-refractivity contribution is 6.70. The van der Waals surface area contributed by atoms with Gasteiger partial charge in [0.15, 0.2) is 0 Å². The summed E-state index contributed by atoms with van der Waals surface area (Å²) in [6.07, 6.45) is 1.57. The maximum atomic E-state index is 5.71. The number of rotatable bonds is 3. The summed E-state index contributed by atoms with van der Waals surface area (Å²) in [5.74, 6) is 0.665. The summed E-state index contributed by atoms with van der Waals surface area (Å²) in [5, 5.41) is 3.77. The van der Waals surface area contributed by atoms with Crippen LogP contribution in [-0.2, 0) is 4.43 Å². The summed E-state index contributed by atoms with van der Waals surface area (Å²) in [6.45, 7) is 12.1. The zero-order chi connectivity index (χ0) is 10.1. The number of hydrogen-bond acceptors (Lipinski definition) is 3. The first-order valence-corrected chi connectivity index (χ1v) is 7.60. The molecule has 0 amide bonds. The molecule has 0 aromatic carbocycles. The first-order chi connectivity index (χ1) is 5.90. The second kappa shape index (κ2) is 3.37. The molecule has 1 heterocycles. The summed E-state index contributed by atoms with van der Waals surface area (Å²) < 4.78 is 10.5. The maximum absolute atomic E-state index is 5.71. The normalized spacial score (nSPS) is 11.4. The SMILES string of the molecule is C=C(O[Si](C)(C)C)c1conc1C. The summed E-state index contributed by atoms with van der Waals surface area (Å²) >= 11 is 0. The van der Waals surface area contributed by atoms with Gasteiger partial charge in [-0.05, 0) is 26.6 Å². The molecule has 1 aromatic heterocycles. The van der Waals surface area contributed by atoms with Crippen molar-refractivity contribution < 1.29 is 8.95 Å². The molecule has 0 fully saturated rings. The number of nitrogens with zero attached hydrogens (tertiary/aromatic N) is 1. The molecule has 0 radical (unpaired) electrons. The molecule has 0 aliphatic rings. The largest absolute Gasteiger partial charge is 0.544 e. The fourth-order valence-corrected chi connectivity index (χ4v) is 1.83. The summed E-state index contributed by atoms with van der Waals surface area (Å²) in [4.78, 5) is 0. The van der Waals surface area contributed by atoms with Gasteiger partial charge in [-0.25, -0.2) is 0 Å². The first kappa shape index (κ1) is 10.1. The van der Waals surface area contributed by atoms with Crippen LogP contribution >= 0.6 is 0 Å². The van der Waals surface area contributed by atoms with Crippen LogP contribution in [0.3, 0.4) is 0 Å². The Hall–Kier alpha value is -1.03. The predicted octanol–water partition coefficient (Wildman–Crippen LogP) is 2.81. The third kappa shape index (κ3) is 2.73. The van der Waals surface area contributed by atoms with Crippen LogP contribution in [0.15, 0.2) is 17.4 Å². The molecule has 13 heavy (non-hydrogen) atoms. The Morgan fingerprint density at radius 3 is 2.54 bits per heavy atom. The minimum absolute atomic E-state index is 0.665. The number of aryl methyl sites for hydroxylation is 1. The third-order valence-corrected chi connectivity index (χ3v) is 2.34. The number of aromatic nitrogens is 1. The van der Waals surface area contributed by atoms with E-state index in [9.17, 15) is 0 Å². The van der Waals surface area contributed by atoms with Gasteiger partial charge in [0.2, 0.25) is 8.32 Å². The van der Waals surface area contributed by atoms with Crippen molar-refractivity contribution >= 4 is 14.1 Å². The Balaban J connectivity index is 2.76. The molecule has 0 N–H and O–H groups in total. The highest BCUT2D eigenvalue weighted by Gasteiger charge is 2.19. The molecular weight excluding hydrogens is 182 g/mol. The van der Waals surface area contributed by atoms with Crippen molar-refractivity contribution in [1.29, 1.82) is 0 Å². The van der Waals surface area contributed by atoms with Gasteiger partial charge in [0.25, 0.3) is 0 Å². The van der Waals surface area contributed by atoms with Crippen LogP contribution < -0.4 is 0 Å². The molecule has 0 atom stereocenters. The lowest BCUT2D eigenvalue weighted by atomic mass is 10.2. The van der Waals surface area contributed by atoms with Crippen molar-refractivity contribution in [1.82, 2.24) is 5.16 Å². The smallest absolute Gasteiger partial charge is 0.242 e. The summed E-state index contributed by atoms with van der Waals surface area (Å²) in [6, 6.07) is 0. The van der Waals surface area contributed by atoms with E-state index < -0.39 is 8.32 Å². The van der Waals surface area contributed by atoms with Crippen molar-refractivity contribution in [3.8, 4) is 0 Å². The second-order valence-corrected chi connectivity index (χ2v) is 8.38. The topological polar surface area (TPSA) is 35.3 Å². The van der Waals surface area contributed by atoms with Gasteiger partial charge in [0.1, 0.15) is 12.0 Å². The second-order valence-electron chi connectivity index (χ2n) is 3.95. The average molecular weight is 197 g/mol. The zero-order valence-electron chi connectivity index (χ0n) is 8.55. The fraction of sp³-hybridized carbons (Fsp3) is 0.444. The highest BCUT2D eigenvalue weighted by atomic mass is 28.4. The van der Waals surface area contributed by atoms with Gasteiger partial charge in [0, 0.05) is 0 Å². The van der Waals surface area contributed by atoms with Crippen molar-refractivity contribution in [2.75, 3.05) is 0 Å². The molecule has 0 saturated heterocycles. The van der Waals surface area contributed by atoms with E-state index in [0.29, 0.717) is 5.76 Å². The fourth-order valence-electron chi connectivity index (χ4n) is 0.985. The molecular formula is C9H15NO2Si. The zero-order valence-corrected chi connectivity index (χ0v) is 9.55. The summed E-state index contributed by atoms with van der Waals surface area (Å²) in [7, 11) is -1.57. The molecule has 1 rings (SSSR count). The van der Waals surface area contributed by atoms with E-state index in [1.165, 1.54) is 0 Å². The lowest BCUT2D eigenvalue weighted by Crippen LogP contribution is -2.24. The van der Waals surface area contributed by atoms with Crippen molar-refractivity contribution in [3.05, 3.63) is 24.1 Å². The van der Waals surface area contributed by atoms with E-state index in [1.54, 1.807) is 6.26 Å². The molecule has 0 unspecified atom stereocenters. The van der Waals surface area contributed by atoms with E-state index in [-0.39, 0.29) is 0 Å². The van der Waals surface area contributed by atoms with Gasteiger partial charge in [-0.3, -0.25) is 0 Å². The third-order valence-electron chi connectivity index (χ3n) is 1.48. The van der Waals surface area contributed by atoms with Gasteiger partial charge in [-0.15, -0.1) is 0 Å². The minimum atomic E-state index is -1.57. The van der Waals surface area contributed by atoms with Crippen LogP contribution in [0, 0.1) is 6.92 Å². The van der Waals surface area contributed by atoms with E-state index in [4.69, 9.17) is 8.95 Å². The van der Waals surface area contributed by atoms with Crippen molar-refractivity contribution in [3.63, 3.8) is 0 Å².